The maximum absolute atomic E-state index is 11.1. The minimum absolute atomic E-state index is 0.712. The van der Waals surface area contributed by atoms with Crippen LogP contribution < -0.4 is 0 Å². The van der Waals surface area contributed by atoms with Gasteiger partial charge in [0.25, 0.3) is 0 Å². The van der Waals surface area contributed by atoms with Crippen LogP contribution in [0.3, 0.4) is 0 Å². The van der Waals surface area contributed by atoms with Crippen LogP contribution in [0.25, 0.3) is 0 Å². The van der Waals surface area contributed by atoms with Crippen molar-refractivity contribution in [3.8, 4) is 0 Å². The summed E-state index contributed by atoms with van der Waals surface area (Å²) in [6, 6.07) is 0. The van der Waals surface area contributed by atoms with Gasteiger partial charge in [-0.1, -0.05) is 0 Å². The van der Waals surface area contributed by atoms with Gasteiger partial charge in [-0.05, 0) is 0 Å². The Hall–Kier alpha value is -0.930. The van der Waals surface area contributed by atoms with Crippen molar-refractivity contribution in [2.24, 2.45) is 0 Å². The quantitative estimate of drug-likeness (QED) is 0.533. The van der Waals surface area contributed by atoms with Gasteiger partial charge in [-0.15, -0.1) is 0 Å². The molecule has 0 saturated carbocycles. The Balaban J connectivity index is 3.40. The lowest BCUT2D eigenvalue weighted by molar-refractivity contribution is -0.140. The first-order valence-corrected chi connectivity index (χ1v) is 1.96. The molecular formula is C4H5FO3. The number of alkyl halides is 1. The number of carboxylic acid groups (broad SMARTS) is 1. The van der Waals surface area contributed by atoms with Crippen molar-refractivity contribution < 1.29 is 19.1 Å². The molecule has 0 radical (unpaired) electrons. The van der Waals surface area contributed by atoms with E-state index in [4.69, 9.17) is 5.11 Å². The number of hydrogen-bond acceptors (Lipinski definition) is 2. The molecule has 0 aliphatic heterocycles. The molecule has 0 aliphatic carbocycles. The van der Waals surface area contributed by atoms with E-state index in [0.717, 1.165) is 0 Å². The zero-order chi connectivity index (χ0) is 6.57. The van der Waals surface area contributed by atoms with Crippen molar-refractivity contribution >= 4 is 11.8 Å². The summed E-state index contributed by atoms with van der Waals surface area (Å²) in [5.41, 5.74) is 0. The Labute approximate surface area is 45.1 Å². The van der Waals surface area contributed by atoms with Crippen LogP contribution in [0.4, 0.5) is 4.39 Å². The van der Waals surface area contributed by atoms with Gasteiger partial charge in [-0.25, -0.2) is 4.39 Å². The fourth-order valence-corrected chi connectivity index (χ4v) is 0.216. The fourth-order valence-electron chi connectivity index (χ4n) is 0.216. The highest BCUT2D eigenvalue weighted by Crippen LogP contribution is 1.82. The van der Waals surface area contributed by atoms with Gasteiger partial charge in [-0.2, -0.15) is 0 Å². The molecule has 4 heteroatoms. The molecular weight excluding hydrogens is 115 g/mol. The monoisotopic (exact) mass is 120 g/mol. The highest BCUT2D eigenvalue weighted by molar-refractivity contribution is 5.95. The van der Waals surface area contributed by atoms with Crippen LogP contribution in [0.15, 0.2) is 0 Å². The fraction of sp³-hybridized carbons (Fsp3) is 0.500. The third-order valence-electron chi connectivity index (χ3n) is 0.497. The SMILES string of the molecule is O=C(O)CC(=O)CF. The van der Waals surface area contributed by atoms with Crippen molar-refractivity contribution in [2.75, 3.05) is 6.67 Å². The van der Waals surface area contributed by atoms with Gasteiger partial charge in [0, 0.05) is 0 Å². The van der Waals surface area contributed by atoms with E-state index in [1.54, 1.807) is 0 Å². The first-order valence-electron chi connectivity index (χ1n) is 1.96. The summed E-state index contributed by atoms with van der Waals surface area (Å²) in [4.78, 5) is 19.4. The third kappa shape index (κ3) is 3.27. The minimum atomic E-state index is -1.28. The Morgan fingerprint density at radius 2 is 2.00 bits per heavy atom. The van der Waals surface area contributed by atoms with E-state index in [0.29, 0.717) is 0 Å². The van der Waals surface area contributed by atoms with Crippen molar-refractivity contribution in [3.05, 3.63) is 0 Å². The number of carbonyl (C=O) groups is 2. The Kier molecular flexibility index (Phi) is 2.76. The van der Waals surface area contributed by atoms with E-state index in [-0.39, 0.29) is 0 Å². The molecule has 46 valence electrons. The molecule has 0 aliphatic rings. The molecule has 3 nitrogen and oxygen atoms in total. The summed E-state index contributed by atoms with van der Waals surface area (Å²) in [6.45, 7) is -1.19. The second-order valence-corrected chi connectivity index (χ2v) is 1.24. The zero-order valence-electron chi connectivity index (χ0n) is 4.06. The maximum Gasteiger partial charge on any atom is 0.310 e. The summed E-state index contributed by atoms with van der Waals surface area (Å²) < 4.78 is 11.1. The number of rotatable bonds is 3. The number of hydrogen-bond donors (Lipinski definition) is 1. The molecule has 0 saturated heterocycles. The molecule has 0 spiro atoms. The molecule has 0 atom stereocenters. The third-order valence-corrected chi connectivity index (χ3v) is 0.497. The van der Waals surface area contributed by atoms with Gasteiger partial charge in [0.1, 0.15) is 13.1 Å². The van der Waals surface area contributed by atoms with Crippen LogP contribution in [0.2, 0.25) is 0 Å². The first kappa shape index (κ1) is 7.07. The van der Waals surface area contributed by atoms with Gasteiger partial charge < -0.3 is 5.11 Å². The highest BCUT2D eigenvalue weighted by atomic mass is 19.1. The molecule has 0 amide bonds. The lowest BCUT2D eigenvalue weighted by Crippen LogP contribution is -2.07. The van der Waals surface area contributed by atoms with Gasteiger partial charge in [0.15, 0.2) is 5.78 Å². The second kappa shape index (κ2) is 3.12. The molecule has 0 aromatic carbocycles. The second-order valence-electron chi connectivity index (χ2n) is 1.24. The largest absolute Gasteiger partial charge is 0.481 e. The number of ketones is 1. The number of carboxylic acids is 1. The predicted octanol–water partition coefficient (Wildman–Crippen LogP) is -0.000300. The Bertz CT molecular complexity index is 110. The van der Waals surface area contributed by atoms with Crippen LogP contribution in [-0.2, 0) is 9.59 Å². The van der Waals surface area contributed by atoms with Crippen LogP contribution in [0.1, 0.15) is 6.42 Å². The molecule has 1 N–H and O–H groups in total. The summed E-state index contributed by atoms with van der Waals surface area (Å²) in [7, 11) is 0. The number of aliphatic carboxylic acids is 1. The number of halogens is 1. The van der Waals surface area contributed by atoms with E-state index < -0.39 is 24.8 Å². The van der Waals surface area contributed by atoms with E-state index in [9.17, 15) is 14.0 Å². The van der Waals surface area contributed by atoms with E-state index in [1.807, 2.05) is 0 Å². The van der Waals surface area contributed by atoms with Crippen molar-refractivity contribution in [1.82, 2.24) is 0 Å². The summed E-state index contributed by atoms with van der Waals surface area (Å²) in [6.07, 6.45) is -0.712. The normalized spacial score (nSPS) is 8.62. The molecule has 0 unspecified atom stereocenters. The Morgan fingerprint density at radius 1 is 1.50 bits per heavy atom. The summed E-state index contributed by atoms with van der Waals surface area (Å²) in [5, 5.41) is 7.83. The topological polar surface area (TPSA) is 54.4 Å². The van der Waals surface area contributed by atoms with Crippen LogP contribution in [-0.4, -0.2) is 23.5 Å². The van der Waals surface area contributed by atoms with Crippen molar-refractivity contribution in [2.45, 2.75) is 6.42 Å². The summed E-state index contributed by atoms with van der Waals surface area (Å²) >= 11 is 0. The smallest absolute Gasteiger partial charge is 0.310 e. The average molecular weight is 120 g/mol. The van der Waals surface area contributed by atoms with E-state index in [2.05, 4.69) is 0 Å². The van der Waals surface area contributed by atoms with Crippen molar-refractivity contribution in [1.29, 1.82) is 0 Å². The molecule has 0 bridgehead atoms. The zero-order valence-corrected chi connectivity index (χ0v) is 4.06. The predicted molar refractivity (Wildman–Crippen MR) is 23.2 cm³/mol. The highest BCUT2D eigenvalue weighted by Gasteiger charge is 2.04. The Morgan fingerprint density at radius 3 is 2.12 bits per heavy atom. The molecule has 8 heavy (non-hydrogen) atoms. The van der Waals surface area contributed by atoms with Gasteiger partial charge in [0.05, 0.1) is 0 Å². The summed E-state index contributed by atoms with van der Waals surface area (Å²) in [5.74, 6) is -2.18. The van der Waals surface area contributed by atoms with Crippen LogP contribution >= 0.6 is 0 Å². The lowest BCUT2D eigenvalue weighted by atomic mass is 10.3. The van der Waals surface area contributed by atoms with Crippen molar-refractivity contribution in [3.63, 3.8) is 0 Å². The number of Topliss-reactive ketones (excluding diaryl/α,β-unsaturated/α-hetero) is 1. The standard InChI is InChI=1S/C4H5FO3/c5-2-3(6)1-4(7)8/h1-2H2,(H,7,8). The molecule has 0 rings (SSSR count). The lowest BCUT2D eigenvalue weighted by Gasteiger charge is -1.84. The molecule has 0 aromatic rings. The van der Waals surface area contributed by atoms with Gasteiger partial charge in [-0.3, -0.25) is 9.59 Å². The number of carbonyl (C=O) groups excluding carboxylic acids is 1. The van der Waals surface area contributed by atoms with Gasteiger partial charge >= 0.3 is 5.97 Å². The minimum Gasteiger partial charge on any atom is -0.481 e. The average Bonchev–Trinajstić information content (AvgIpc) is 1.65. The molecule has 0 heterocycles. The molecule has 0 fully saturated rings. The van der Waals surface area contributed by atoms with Gasteiger partial charge in [0.2, 0.25) is 0 Å². The first-order chi connectivity index (χ1) is 3.66. The van der Waals surface area contributed by atoms with Crippen LogP contribution in [0.5, 0.6) is 0 Å². The van der Waals surface area contributed by atoms with E-state index >= 15 is 0 Å². The molecule has 0 aromatic heterocycles. The van der Waals surface area contributed by atoms with Crippen LogP contribution in [0, 0.1) is 0 Å². The van der Waals surface area contributed by atoms with E-state index in [1.165, 1.54) is 0 Å². The maximum atomic E-state index is 11.1.